The zero-order chi connectivity index (χ0) is 33.2. The van der Waals surface area contributed by atoms with Crippen LogP contribution in [0.15, 0.2) is 57.2 Å². The van der Waals surface area contributed by atoms with Crippen LogP contribution in [0, 0.1) is 17.3 Å². The Balaban J connectivity index is 1.56. The Kier molecular flexibility index (Phi) is 10.4. The number of anilines is 1. The number of amides is 1. The van der Waals surface area contributed by atoms with Crippen molar-refractivity contribution in [3.63, 3.8) is 0 Å². The van der Waals surface area contributed by atoms with E-state index < -0.39 is 21.2 Å². The van der Waals surface area contributed by atoms with Gasteiger partial charge in [0.1, 0.15) is 5.60 Å². The number of aromatic amines is 1. The lowest BCUT2D eigenvalue weighted by Crippen LogP contribution is -2.40. The highest BCUT2D eigenvalue weighted by Gasteiger charge is 2.34. The maximum absolute atomic E-state index is 13.6. The Morgan fingerprint density at radius 2 is 1.84 bits per heavy atom. The number of likely N-dealkylation sites (tertiary alicyclic amines) is 1. The van der Waals surface area contributed by atoms with E-state index in [1.54, 1.807) is 18.2 Å². The molecule has 1 fully saturated rings. The van der Waals surface area contributed by atoms with Crippen LogP contribution in [0.25, 0.3) is 5.57 Å². The zero-order valence-electron chi connectivity index (χ0n) is 28.1. The monoisotopic (exact) mass is 638 g/mol. The smallest absolute Gasteiger partial charge is 0.410 e. The number of sulfonamides is 1. The van der Waals surface area contributed by atoms with E-state index in [0.717, 1.165) is 54.4 Å². The fraction of sp³-hybridized carbons (Fsp3) is 0.571. The summed E-state index contributed by atoms with van der Waals surface area (Å²) in [7, 11) is -4.04. The van der Waals surface area contributed by atoms with Gasteiger partial charge in [-0.3, -0.25) is 9.78 Å². The molecule has 9 nitrogen and oxygen atoms in total. The molecule has 2 aromatic rings. The van der Waals surface area contributed by atoms with E-state index in [0.29, 0.717) is 25.2 Å². The maximum Gasteiger partial charge on any atom is 0.410 e. The summed E-state index contributed by atoms with van der Waals surface area (Å²) in [5.41, 5.74) is 3.45. The number of benzene rings is 1. The Bertz CT molecular complexity index is 1630. The highest BCUT2D eigenvalue weighted by molar-refractivity contribution is 7.92. The molecule has 0 bridgehead atoms. The van der Waals surface area contributed by atoms with Gasteiger partial charge in [-0.05, 0) is 114 Å². The number of hydrogen-bond donors (Lipinski definition) is 2. The van der Waals surface area contributed by atoms with Gasteiger partial charge in [-0.25, -0.2) is 22.9 Å². The van der Waals surface area contributed by atoms with Crippen molar-refractivity contribution in [2.45, 2.75) is 104 Å². The van der Waals surface area contributed by atoms with E-state index >= 15 is 0 Å². The molecule has 2 N–H and O–H groups in total. The lowest BCUT2D eigenvalue weighted by atomic mass is 9.75. The van der Waals surface area contributed by atoms with Gasteiger partial charge in [0.2, 0.25) is 5.95 Å². The first-order valence-corrected chi connectivity index (χ1v) is 17.5. The normalized spacial score (nSPS) is 20.0. The van der Waals surface area contributed by atoms with Crippen LogP contribution >= 0.6 is 0 Å². The lowest BCUT2D eigenvalue weighted by molar-refractivity contribution is 0.0212. The minimum Gasteiger partial charge on any atom is -0.444 e. The molecule has 0 spiro atoms. The average molecular weight is 639 g/mol. The van der Waals surface area contributed by atoms with E-state index in [1.807, 2.05) is 45.6 Å². The molecule has 1 unspecified atom stereocenters. The van der Waals surface area contributed by atoms with Gasteiger partial charge in [-0.15, -0.1) is 0 Å². The number of hydrogen-bond acceptors (Lipinski definition) is 6. The van der Waals surface area contributed by atoms with Crippen LogP contribution in [0.1, 0.15) is 98.8 Å². The Hall–Kier alpha value is -3.40. The van der Waals surface area contributed by atoms with E-state index in [2.05, 4.69) is 41.5 Å². The van der Waals surface area contributed by atoms with E-state index in [1.165, 1.54) is 6.07 Å². The Morgan fingerprint density at radius 3 is 2.51 bits per heavy atom. The summed E-state index contributed by atoms with van der Waals surface area (Å²) in [4.78, 5) is 34.5. The van der Waals surface area contributed by atoms with Crippen LogP contribution in [-0.4, -0.2) is 48.1 Å². The molecule has 1 amide bonds. The first-order chi connectivity index (χ1) is 20.9. The number of ether oxygens (including phenoxy) is 1. The molecule has 1 saturated heterocycles. The molecule has 0 saturated carbocycles. The number of allylic oxidation sites excluding steroid dienone is 4. The van der Waals surface area contributed by atoms with Gasteiger partial charge < -0.3 is 9.64 Å². The number of nitrogens with zero attached hydrogens (tertiary/aromatic N) is 2. The van der Waals surface area contributed by atoms with Crippen LogP contribution < -0.4 is 10.3 Å². The summed E-state index contributed by atoms with van der Waals surface area (Å²) in [6, 6.07) is 8.37. The van der Waals surface area contributed by atoms with Crippen LogP contribution in [0.3, 0.4) is 0 Å². The Labute approximate surface area is 268 Å². The fourth-order valence-electron chi connectivity index (χ4n) is 6.53. The molecular formula is C35H50N4O5S. The molecule has 45 heavy (non-hydrogen) atoms. The number of H-pyrrole nitrogens is 1. The third kappa shape index (κ3) is 9.55. The zero-order valence-corrected chi connectivity index (χ0v) is 28.9. The van der Waals surface area contributed by atoms with Crippen molar-refractivity contribution in [2.75, 3.05) is 17.8 Å². The summed E-state index contributed by atoms with van der Waals surface area (Å²) in [6.07, 6.45) is 7.02. The summed E-state index contributed by atoms with van der Waals surface area (Å²) < 4.78 is 35.3. The Morgan fingerprint density at radius 1 is 1.11 bits per heavy atom. The van der Waals surface area contributed by atoms with Gasteiger partial charge in [0.25, 0.3) is 15.6 Å². The quantitative estimate of drug-likeness (QED) is 0.328. The lowest BCUT2D eigenvalue weighted by Gasteiger charge is -2.34. The van der Waals surface area contributed by atoms with Crippen molar-refractivity contribution in [3.05, 3.63) is 69.2 Å². The number of aromatic nitrogens is 2. The summed E-state index contributed by atoms with van der Waals surface area (Å²) in [5.74, 6) is 0.379. The largest absolute Gasteiger partial charge is 0.444 e. The standard InChI is InChI=1S/C35H50N4O5S/c1-23-12-9-13-24(2)31(23)29-20-30(40)37-32(36-29)38-45(42,43)28-16-10-14-25(19-28)18-26-15-11-17-39(33(41)44-35(6,7)8)22-27(26)21-34(3,4)5/h10,12,14,16,19-20,26-27H,9,11,13,15,17-18,21-22H2,1-8H3,(H2,36,37,38,40)/t26?,27-/m0/s1. The topological polar surface area (TPSA) is 121 Å². The van der Waals surface area contributed by atoms with Crippen molar-refractivity contribution in [1.29, 1.82) is 0 Å². The molecule has 1 aromatic heterocycles. The molecule has 2 aliphatic rings. The maximum atomic E-state index is 13.6. The number of carbonyl (C=O) groups excluding carboxylic acids is 1. The predicted octanol–water partition coefficient (Wildman–Crippen LogP) is 7.33. The highest BCUT2D eigenvalue weighted by Crippen LogP contribution is 2.36. The van der Waals surface area contributed by atoms with Crippen molar-refractivity contribution < 1.29 is 17.9 Å². The predicted molar refractivity (Wildman–Crippen MR) is 179 cm³/mol. The minimum absolute atomic E-state index is 0.0565. The van der Waals surface area contributed by atoms with Gasteiger partial charge in [0.15, 0.2) is 0 Å². The number of nitrogens with one attached hydrogen (secondary N) is 2. The van der Waals surface area contributed by atoms with Gasteiger partial charge in [-0.1, -0.05) is 44.6 Å². The number of rotatable bonds is 7. The third-order valence-electron chi connectivity index (χ3n) is 8.38. The number of carbonyl (C=O) groups is 1. The fourth-order valence-corrected chi connectivity index (χ4v) is 7.57. The highest BCUT2D eigenvalue weighted by atomic mass is 32.2. The summed E-state index contributed by atoms with van der Waals surface area (Å²) in [6.45, 7) is 17.5. The van der Waals surface area contributed by atoms with Crippen LogP contribution in [-0.2, 0) is 21.2 Å². The second-order valence-electron chi connectivity index (χ2n) is 14.9. The first kappa shape index (κ1) is 34.5. The second kappa shape index (κ2) is 13.5. The van der Waals surface area contributed by atoms with E-state index in [-0.39, 0.29) is 34.2 Å². The molecule has 246 valence electrons. The molecule has 4 rings (SSSR count). The first-order valence-electron chi connectivity index (χ1n) is 16.0. The second-order valence-corrected chi connectivity index (χ2v) is 16.6. The van der Waals surface area contributed by atoms with Crippen LogP contribution in [0.2, 0.25) is 0 Å². The van der Waals surface area contributed by atoms with Crippen LogP contribution in [0.4, 0.5) is 10.7 Å². The van der Waals surface area contributed by atoms with Gasteiger partial charge in [0.05, 0.1) is 10.6 Å². The summed E-state index contributed by atoms with van der Waals surface area (Å²) >= 11 is 0. The minimum atomic E-state index is -4.04. The van der Waals surface area contributed by atoms with Gasteiger partial charge in [0, 0.05) is 24.7 Å². The SMILES string of the molecule is CC1=CCCC(C)=C1c1cc(=O)[nH]c(NS(=O)(=O)c2cccc(CC3CCCN(C(=O)OC(C)(C)C)C[C@@H]3CC(C)(C)C)c2)n1. The van der Waals surface area contributed by atoms with Crippen molar-refractivity contribution in [1.82, 2.24) is 14.9 Å². The van der Waals surface area contributed by atoms with Gasteiger partial charge in [-0.2, -0.15) is 0 Å². The van der Waals surface area contributed by atoms with Crippen molar-refractivity contribution in [3.8, 4) is 0 Å². The molecule has 2 heterocycles. The average Bonchev–Trinajstić information content (AvgIpc) is 3.08. The molecule has 2 atom stereocenters. The molecule has 1 aliphatic carbocycles. The summed E-state index contributed by atoms with van der Waals surface area (Å²) in [5, 5.41) is 0. The van der Waals surface area contributed by atoms with E-state index in [9.17, 15) is 18.0 Å². The van der Waals surface area contributed by atoms with E-state index in [4.69, 9.17) is 4.74 Å². The van der Waals surface area contributed by atoms with Crippen LogP contribution in [0.5, 0.6) is 0 Å². The molecular weight excluding hydrogens is 588 g/mol. The van der Waals surface area contributed by atoms with Gasteiger partial charge >= 0.3 is 6.09 Å². The van der Waals surface area contributed by atoms with Crippen molar-refractivity contribution >= 4 is 27.6 Å². The molecule has 1 aromatic carbocycles. The molecule has 1 aliphatic heterocycles. The molecule has 0 radical (unpaired) electrons. The third-order valence-corrected chi connectivity index (χ3v) is 9.71. The molecule has 10 heteroatoms. The van der Waals surface area contributed by atoms with Crippen molar-refractivity contribution in [2.24, 2.45) is 17.3 Å².